The number of esters is 1. The number of aromatic amines is 1. The largest absolute Gasteiger partial charge is 0.462 e. The Labute approximate surface area is 169 Å². The van der Waals surface area contributed by atoms with Gasteiger partial charge in [0.2, 0.25) is 0 Å². The maximum absolute atomic E-state index is 13.4. The van der Waals surface area contributed by atoms with Crippen LogP contribution in [0.1, 0.15) is 18.7 Å². The number of fused-ring (bicyclic) bond motifs is 3. The van der Waals surface area contributed by atoms with Gasteiger partial charge in [-0.25, -0.2) is 9.48 Å². The molecule has 30 heavy (non-hydrogen) atoms. The molecule has 0 amide bonds. The average molecular weight is 402 g/mol. The lowest BCUT2D eigenvalue weighted by Crippen LogP contribution is -2.38. The number of aromatic nitrogens is 3. The summed E-state index contributed by atoms with van der Waals surface area (Å²) >= 11 is 0. The summed E-state index contributed by atoms with van der Waals surface area (Å²) in [6.45, 7) is 1.82. The van der Waals surface area contributed by atoms with Crippen molar-refractivity contribution in [2.45, 2.75) is 13.0 Å². The van der Waals surface area contributed by atoms with Gasteiger partial charge in [0.05, 0.1) is 17.4 Å². The fourth-order valence-corrected chi connectivity index (χ4v) is 4.07. The second-order valence-electron chi connectivity index (χ2n) is 7.05. The number of carbonyl (C=O) groups is 1. The molecular formula is C22H18N4O4. The van der Waals surface area contributed by atoms with E-state index >= 15 is 0 Å². The van der Waals surface area contributed by atoms with Crippen molar-refractivity contribution in [2.75, 3.05) is 6.61 Å². The number of ether oxygens (including phenoxy) is 1. The first-order valence-electron chi connectivity index (χ1n) is 9.54. The topological polar surface area (TPSA) is 112 Å². The maximum Gasteiger partial charge on any atom is 0.340 e. The van der Waals surface area contributed by atoms with E-state index in [1.807, 2.05) is 30.3 Å². The molecule has 0 aliphatic carbocycles. The summed E-state index contributed by atoms with van der Waals surface area (Å²) in [6.07, 6.45) is 0. The van der Waals surface area contributed by atoms with E-state index in [0.29, 0.717) is 5.69 Å². The summed E-state index contributed by atoms with van der Waals surface area (Å²) in [6, 6.07) is 15.0. The van der Waals surface area contributed by atoms with E-state index in [1.165, 1.54) is 4.68 Å². The van der Waals surface area contributed by atoms with Crippen LogP contribution >= 0.6 is 0 Å². The Morgan fingerprint density at radius 2 is 1.73 bits per heavy atom. The molecule has 3 heterocycles. The molecular weight excluding hydrogens is 384 g/mol. The molecule has 0 fully saturated rings. The number of carbonyl (C=O) groups excluding carboxylic acids is 1. The number of nitrogens with one attached hydrogen (secondary N) is 1. The molecule has 0 saturated heterocycles. The third-order valence-electron chi connectivity index (χ3n) is 5.37. The highest BCUT2D eigenvalue weighted by atomic mass is 16.5. The van der Waals surface area contributed by atoms with Gasteiger partial charge in [0.25, 0.3) is 11.1 Å². The van der Waals surface area contributed by atoms with Crippen LogP contribution in [0.5, 0.6) is 0 Å². The van der Waals surface area contributed by atoms with E-state index in [4.69, 9.17) is 10.5 Å². The van der Waals surface area contributed by atoms with Crippen molar-refractivity contribution < 1.29 is 9.53 Å². The number of benzene rings is 2. The van der Waals surface area contributed by atoms with E-state index < -0.39 is 23.1 Å². The first-order chi connectivity index (χ1) is 14.5. The Balaban J connectivity index is 1.88. The van der Waals surface area contributed by atoms with Crippen molar-refractivity contribution in [3.8, 4) is 0 Å². The molecule has 150 valence electrons. The second-order valence-corrected chi connectivity index (χ2v) is 7.05. The standard InChI is InChI=1S/C22H18N4O4/c1-2-30-22(29)17-18(16-11-12-7-3-6-10-15(12)24-16)25-20(27)13-8-4-5-9-14(13)21(28)26(25)19(17)23/h3-11,18,24H,2,23H2,1H3. The van der Waals surface area contributed by atoms with Crippen molar-refractivity contribution in [1.82, 2.24) is 14.3 Å². The summed E-state index contributed by atoms with van der Waals surface area (Å²) in [5.41, 5.74) is 6.83. The average Bonchev–Trinajstić information content (AvgIpc) is 3.31. The Morgan fingerprint density at radius 3 is 2.43 bits per heavy atom. The molecule has 2 aromatic carbocycles. The predicted octanol–water partition coefficient (Wildman–Crippen LogP) is 1.94. The van der Waals surface area contributed by atoms with E-state index in [2.05, 4.69) is 4.98 Å². The summed E-state index contributed by atoms with van der Waals surface area (Å²) < 4.78 is 7.52. The number of para-hydroxylation sites is 1. The first kappa shape index (κ1) is 18.0. The number of hydrogen-bond acceptors (Lipinski definition) is 5. The summed E-state index contributed by atoms with van der Waals surface area (Å²) in [7, 11) is 0. The van der Waals surface area contributed by atoms with Gasteiger partial charge >= 0.3 is 5.97 Å². The van der Waals surface area contributed by atoms with Crippen LogP contribution < -0.4 is 16.9 Å². The minimum Gasteiger partial charge on any atom is -0.462 e. The molecule has 1 aliphatic heterocycles. The highest BCUT2D eigenvalue weighted by Crippen LogP contribution is 2.34. The Hall–Kier alpha value is -4.07. The van der Waals surface area contributed by atoms with Crippen LogP contribution in [0, 0.1) is 0 Å². The van der Waals surface area contributed by atoms with Gasteiger partial charge in [-0.1, -0.05) is 30.3 Å². The van der Waals surface area contributed by atoms with Gasteiger partial charge < -0.3 is 15.5 Å². The number of nitrogens with two attached hydrogens (primary N) is 1. The number of rotatable bonds is 3. The molecule has 8 heteroatoms. The van der Waals surface area contributed by atoms with Gasteiger partial charge in [0.15, 0.2) is 0 Å². The summed E-state index contributed by atoms with van der Waals surface area (Å²) in [4.78, 5) is 42.7. The van der Waals surface area contributed by atoms with Crippen LogP contribution in [0.15, 0.2) is 69.8 Å². The molecule has 2 aromatic heterocycles. The Bertz CT molecular complexity index is 1460. The van der Waals surface area contributed by atoms with Crippen molar-refractivity contribution in [1.29, 1.82) is 0 Å². The van der Waals surface area contributed by atoms with Crippen molar-refractivity contribution in [2.24, 2.45) is 5.73 Å². The monoisotopic (exact) mass is 402 g/mol. The normalized spacial score (nSPS) is 15.7. The van der Waals surface area contributed by atoms with E-state index in [-0.39, 0.29) is 28.8 Å². The lowest BCUT2D eigenvalue weighted by molar-refractivity contribution is -0.138. The van der Waals surface area contributed by atoms with E-state index in [9.17, 15) is 14.4 Å². The van der Waals surface area contributed by atoms with Gasteiger partial charge in [0.1, 0.15) is 17.4 Å². The highest BCUT2D eigenvalue weighted by molar-refractivity contribution is 5.97. The van der Waals surface area contributed by atoms with Gasteiger partial charge in [-0.3, -0.25) is 9.59 Å². The minimum absolute atomic E-state index is 0.0536. The molecule has 8 nitrogen and oxygen atoms in total. The van der Waals surface area contributed by atoms with Gasteiger partial charge in [-0.2, -0.15) is 4.68 Å². The third kappa shape index (κ3) is 2.37. The van der Waals surface area contributed by atoms with E-state index in [0.717, 1.165) is 15.6 Å². The summed E-state index contributed by atoms with van der Waals surface area (Å²) in [5, 5.41) is 1.41. The minimum atomic E-state index is -0.916. The molecule has 0 saturated carbocycles. The maximum atomic E-state index is 13.4. The molecule has 0 radical (unpaired) electrons. The number of nitrogens with zero attached hydrogens (tertiary/aromatic N) is 2. The molecule has 1 unspecified atom stereocenters. The SMILES string of the molecule is CCOC(=O)C1=C(N)n2c(=O)c3ccccc3c(=O)n2C1c1cc2ccccc2[nH]1. The Morgan fingerprint density at radius 1 is 1.07 bits per heavy atom. The van der Waals surface area contributed by atoms with Gasteiger partial charge in [-0.15, -0.1) is 0 Å². The van der Waals surface area contributed by atoms with Crippen LogP contribution in [0.2, 0.25) is 0 Å². The highest BCUT2D eigenvalue weighted by Gasteiger charge is 2.39. The second kappa shape index (κ2) is 6.48. The summed E-state index contributed by atoms with van der Waals surface area (Å²) in [5.74, 6) is -0.775. The Kier molecular flexibility index (Phi) is 3.89. The lowest BCUT2D eigenvalue weighted by atomic mass is 10.0. The number of H-pyrrole nitrogens is 1. The van der Waals surface area contributed by atoms with Crippen molar-refractivity contribution in [3.63, 3.8) is 0 Å². The smallest absolute Gasteiger partial charge is 0.340 e. The zero-order valence-electron chi connectivity index (χ0n) is 16.1. The van der Waals surface area contributed by atoms with Crippen molar-refractivity contribution in [3.05, 3.63) is 86.6 Å². The molecule has 0 bridgehead atoms. The fraction of sp³-hybridized carbons (Fsp3) is 0.136. The van der Waals surface area contributed by atoms with Crippen LogP contribution in [0.25, 0.3) is 27.5 Å². The van der Waals surface area contributed by atoms with Gasteiger partial charge in [-0.05, 0) is 36.6 Å². The molecule has 4 aromatic rings. The molecule has 3 N–H and O–H groups in total. The molecule has 1 aliphatic rings. The first-order valence-corrected chi connectivity index (χ1v) is 9.54. The zero-order valence-corrected chi connectivity index (χ0v) is 16.1. The molecule has 5 rings (SSSR count). The van der Waals surface area contributed by atoms with Crippen molar-refractivity contribution >= 4 is 33.5 Å². The van der Waals surface area contributed by atoms with Crippen LogP contribution in [-0.2, 0) is 9.53 Å². The number of hydrogen-bond donors (Lipinski definition) is 2. The molecule has 1 atom stereocenters. The van der Waals surface area contributed by atoms with Crippen LogP contribution in [0.4, 0.5) is 0 Å². The third-order valence-corrected chi connectivity index (χ3v) is 5.37. The molecule has 0 spiro atoms. The van der Waals surface area contributed by atoms with E-state index in [1.54, 1.807) is 31.2 Å². The zero-order chi connectivity index (χ0) is 21.0. The lowest BCUT2D eigenvalue weighted by Gasteiger charge is -2.16. The quantitative estimate of drug-likeness (QED) is 0.509. The van der Waals surface area contributed by atoms with Crippen LogP contribution in [0.3, 0.4) is 0 Å². The van der Waals surface area contributed by atoms with Crippen LogP contribution in [-0.4, -0.2) is 26.9 Å². The van der Waals surface area contributed by atoms with Gasteiger partial charge in [0, 0.05) is 11.2 Å². The predicted molar refractivity (Wildman–Crippen MR) is 113 cm³/mol. The fourth-order valence-electron chi connectivity index (χ4n) is 4.07.